The Morgan fingerprint density at radius 1 is 0.682 bits per heavy atom. The number of fused-ring (bicyclic) bond motifs is 1. The molecule has 7 nitrogen and oxygen atoms in total. The summed E-state index contributed by atoms with van der Waals surface area (Å²) in [5.74, 6) is -1.06. The Morgan fingerprint density at radius 3 is 1.82 bits per heavy atom. The Labute approximate surface area is 264 Å². The minimum atomic E-state index is -4.15. The van der Waals surface area contributed by atoms with Gasteiger partial charge >= 0.3 is 0 Å². The number of hydrogen-bond acceptors (Lipinski definition) is 5. The Kier molecular flexibility index (Phi) is 8.28. The van der Waals surface area contributed by atoms with E-state index in [4.69, 9.17) is 11.6 Å². The van der Waals surface area contributed by atoms with Gasteiger partial charge in [0.25, 0.3) is 0 Å². The second-order valence-corrected chi connectivity index (χ2v) is 15.7. The number of rotatable bonds is 6. The Hall–Kier alpha value is -3.34. The van der Waals surface area contributed by atoms with Crippen LogP contribution in [0.4, 0.5) is 0 Å². The van der Waals surface area contributed by atoms with Crippen LogP contribution < -0.4 is 0 Å². The third-order valence-electron chi connectivity index (χ3n) is 8.77. The Morgan fingerprint density at radius 2 is 1.23 bits per heavy atom. The van der Waals surface area contributed by atoms with Crippen molar-refractivity contribution >= 4 is 37.4 Å². The Bertz CT molecular complexity index is 1900. The zero-order valence-electron chi connectivity index (χ0n) is 24.4. The van der Waals surface area contributed by atoms with Crippen LogP contribution in [0.5, 0.6) is 0 Å². The van der Waals surface area contributed by atoms with E-state index in [1.165, 1.54) is 8.61 Å². The van der Waals surface area contributed by atoms with E-state index in [0.717, 1.165) is 16.7 Å². The molecule has 2 aliphatic rings. The first-order valence-corrected chi connectivity index (χ1v) is 17.7. The van der Waals surface area contributed by atoms with Gasteiger partial charge < -0.3 is 0 Å². The predicted octanol–water partition coefficient (Wildman–Crippen LogP) is 6.48. The number of hydrogen-bond donors (Lipinski definition) is 0. The van der Waals surface area contributed by atoms with Gasteiger partial charge in [-0.1, -0.05) is 95.5 Å². The first-order chi connectivity index (χ1) is 21.0. The lowest BCUT2D eigenvalue weighted by Gasteiger charge is -2.51. The van der Waals surface area contributed by atoms with Crippen LogP contribution in [0.2, 0.25) is 5.02 Å². The quantitative estimate of drug-likeness (QED) is 0.239. The van der Waals surface area contributed by atoms with Crippen molar-refractivity contribution in [3.63, 3.8) is 0 Å². The maximum Gasteiger partial charge on any atom is 0.243 e. The molecular formula is C34H33ClN2O5S2. The van der Waals surface area contributed by atoms with Gasteiger partial charge in [-0.15, -0.1) is 0 Å². The molecule has 0 amide bonds. The number of halogens is 1. The Balaban J connectivity index is 1.51. The lowest BCUT2D eigenvalue weighted by Crippen LogP contribution is -2.60. The van der Waals surface area contributed by atoms with E-state index in [-0.39, 0.29) is 35.0 Å². The van der Waals surface area contributed by atoms with Crippen LogP contribution in [0.25, 0.3) is 0 Å². The van der Waals surface area contributed by atoms with Crippen LogP contribution in [0.15, 0.2) is 113 Å². The highest BCUT2D eigenvalue weighted by atomic mass is 35.5. The molecule has 0 radical (unpaired) electrons. The molecule has 2 heterocycles. The molecule has 2 aliphatic heterocycles. The summed E-state index contributed by atoms with van der Waals surface area (Å²) in [4.78, 5) is 14.2. The summed E-state index contributed by atoms with van der Waals surface area (Å²) >= 11 is 6.63. The number of carbonyl (C=O) groups excluding carboxylic acids is 1. The molecule has 4 aromatic carbocycles. The molecule has 4 atom stereocenters. The van der Waals surface area contributed by atoms with Crippen molar-refractivity contribution < 1.29 is 21.6 Å². The third kappa shape index (κ3) is 5.52. The van der Waals surface area contributed by atoms with Crippen molar-refractivity contribution in [1.82, 2.24) is 8.61 Å². The zero-order chi connectivity index (χ0) is 31.2. The average molecular weight is 649 g/mol. The monoisotopic (exact) mass is 648 g/mol. The first kappa shape index (κ1) is 30.7. The molecule has 4 aromatic rings. The zero-order valence-corrected chi connectivity index (χ0v) is 26.8. The molecule has 6 rings (SSSR count). The smallest absolute Gasteiger partial charge is 0.243 e. The predicted molar refractivity (Wildman–Crippen MR) is 170 cm³/mol. The van der Waals surface area contributed by atoms with E-state index in [1.807, 2.05) is 44.2 Å². The van der Waals surface area contributed by atoms with Gasteiger partial charge in [-0.05, 0) is 61.7 Å². The molecule has 0 bridgehead atoms. The van der Waals surface area contributed by atoms with Crippen molar-refractivity contribution in [2.24, 2.45) is 5.92 Å². The van der Waals surface area contributed by atoms with E-state index in [9.17, 15) is 21.6 Å². The maximum atomic E-state index is 14.6. The van der Waals surface area contributed by atoms with Gasteiger partial charge in [0, 0.05) is 29.9 Å². The summed E-state index contributed by atoms with van der Waals surface area (Å²) in [7, 11) is -8.19. The van der Waals surface area contributed by atoms with E-state index < -0.39 is 44.1 Å². The lowest BCUT2D eigenvalue weighted by atomic mass is 9.77. The fourth-order valence-electron chi connectivity index (χ4n) is 6.47. The second-order valence-electron chi connectivity index (χ2n) is 11.6. The summed E-state index contributed by atoms with van der Waals surface area (Å²) in [6.45, 7) is 3.62. The highest BCUT2D eigenvalue weighted by Crippen LogP contribution is 2.48. The number of benzene rings is 4. The minimum absolute atomic E-state index is 0.0948. The maximum absolute atomic E-state index is 14.6. The van der Waals surface area contributed by atoms with Gasteiger partial charge in [0.1, 0.15) is 5.78 Å². The van der Waals surface area contributed by atoms with Crippen molar-refractivity contribution in [1.29, 1.82) is 0 Å². The molecule has 2 fully saturated rings. The summed E-state index contributed by atoms with van der Waals surface area (Å²) in [6.07, 6.45) is -0.0258. The summed E-state index contributed by atoms with van der Waals surface area (Å²) in [5.41, 5.74) is 3.11. The molecule has 10 heteroatoms. The summed E-state index contributed by atoms with van der Waals surface area (Å²) < 4.78 is 60.4. The lowest BCUT2D eigenvalue weighted by molar-refractivity contribution is -0.132. The van der Waals surface area contributed by atoms with E-state index in [1.54, 1.807) is 72.8 Å². The fraction of sp³-hybridized carbons (Fsp3) is 0.265. The van der Waals surface area contributed by atoms with Crippen molar-refractivity contribution in [2.45, 2.75) is 54.6 Å². The summed E-state index contributed by atoms with van der Waals surface area (Å²) in [6, 6.07) is 27.1. The van der Waals surface area contributed by atoms with Gasteiger partial charge in [-0.2, -0.15) is 8.61 Å². The number of Topliss-reactive ketones (excluding diaryl/α,β-unsaturated/α-hetero) is 1. The third-order valence-corrected chi connectivity index (χ3v) is 12.9. The molecule has 0 saturated carbocycles. The van der Waals surface area contributed by atoms with Gasteiger partial charge in [-0.25, -0.2) is 16.8 Å². The van der Waals surface area contributed by atoms with Gasteiger partial charge in [0.15, 0.2) is 0 Å². The van der Waals surface area contributed by atoms with Gasteiger partial charge in [0.05, 0.1) is 21.9 Å². The molecule has 0 aliphatic carbocycles. The van der Waals surface area contributed by atoms with E-state index in [0.29, 0.717) is 10.6 Å². The van der Waals surface area contributed by atoms with Crippen molar-refractivity contribution in [3.8, 4) is 0 Å². The molecule has 2 unspecified atom stereocenters. The molecule has 0 N–H and O–H groups in total. The number of carbonyl (C=O) groups is 1. The molecule has 0 aromatic heterocycles. The van der Waals surface area contributed by atoms with Crippen molar-refractivity contribution in [3.05, 3.63) is 130 Å². The minimum Gasteiger partial charge on any atom is -0.299 e. The molecule has 44 heavy (non-hydrogen) atoms. The standard InChI is InChI=1S/C34H33ClN2O5S2/c1-23-12-16-26(17-13-23)43(39,40)36-22-29-32(20-31(36)25-8-4-3-5-9-25)37(44(41,42)27-18-14-24(2)15-19-27)33(21-34(29)38)28-10-6-7-11-30(28)35/h3-19,29,31-33H,20-22H2,1-2H3/t29-,31?,32+,33?/m1/s1. The van der Waals surface area contributed by atoms with Crippen LogP contribution in [-0.4, -0.2) is 43.8 Å². The van der Waals surface area contributed by atoms with Gasteiger partial charge in [-0.3, -0.25) is 4.79 Å². The second kappa shape index (κ2) is 11.9. The first-order valence-electron chi connectivity index (χ1n) is 14.5. The summed E-state index contributed by atoms with van der Waals surface area (Å²) in [5, 5.41) is 0.367. The molecule has 228 valence electrons. The normalized spacial score (nSPS) is 23.3. The molecular weight excluding hydrogens is 616 g/mol. The van der Waals surface area contributed by atoms with E-state index >= 15 is 0 Å². The fourth-order valence-corrected chi connectivity index (χ4v) is 10.2. The number of aryl methyl sites for hydroxylation is 2. The van der Waals surface area contributed by atoms with Crippen molar-refractivity contribution in [2.75, 3.05) is 6.54 Å². The SMILES string of the molecule is Cc1ccc(S(=O)(=O)N2C[C@H]3C(=O)CC(c4ccccc4Cl)N(S(=O)(=O)c4ccc(C)cc4)[C@H]3CC2c2ccccc2)cc1. The van der Waals surface area contributed by atoms with Crippen LogP contribution in [-0.2, 0) is 24.8 Å². The molecule has 0 spiro atoms. The van der Waals surface area contributed by atoms with Crippen LogP contribution in [0, 0.1) is 19.8 Å². The largest absolute Gasteiger partial charge is 0.299 e. The van der Waals surface area contributed by atoms with E-state index in [2.05, 4.69) is 0 Å². The van der Waals surface area contributed by atoms with Crippen LogP contribution in [0.1, 0.15) is 47.2 Å². The molecule has 2 saturated heterocycles. The highest BCUT2D eigenvalue weighted by Gasteiger charge is 2.54. The van der Waals surface area contributed by atoms with Gasteiger partial charge in [0.2, 0.25) is 20.0 Å². The number of ketones is 1. The number of nitrogens with zero attached hydrogens (tertiary/aromatic N) is 2. The highest BCUT2D eigenvalue weighted by molar-refractivity contribution is 7.89. The number of piperidine rings is 2. The topological polar surface area (TPSA) is 91.8 Å². The number of sulfonamides is 2. The average Bonchev–Trinajstić information content (AvgIpc) is 3.01. The van der Waals surface area contributed by atoms with Crippen LogP contribution >= 0.6 is 11.6 Å². The van der Waals surface area contributed by atoms with Crippen LogP contribution in [0.3, 0.4) is 0 Å².